The van der Waals surface area contributed by atoms with Crippen LogP contribution in [-0.2, 0) is 19.4 Å². The van der Waals surface area contributed by atoms with E-state index >= 15 is 0 Å². The Bertz CT molecular complexity index is 889. The quantitative estimate of drug-likeness (QED) is 0.539. The van der Waals surface area contributed by atoms with E-state index in [0.29, 0.717) is 12.5 Å². The summed E-state index contributed by atoms with van der Waals surface area (Å²) in [5, 5.41) is 11.7. The number of nitro groups is 1. The first-order valence-electron chi connectivity index (χ1n) is 7.34. The molecule has 0 bridgehead atoms. The normalized spacial score (nSPS) is 13.2. The van der Waals surface area contributed by atoms with Crippen molar-refractivity contribution in [2.75, 3.05) is 0 Å². The molecule has 2 heterocycles. The number of hydrogen-bond acceptors (Lipinski definition) is 6. The van der Waals surface area contributed by atoms with E-state index in [-0.39, 0.29) is 5.69 Å². The highest BCUT2D eigenvalue weighted by Crippen LogP contribution is 2.39. The van der Waals surface area contributed by atoms with Crippen molar-refractivity contribution in [1.29, 1.82) is 0 Å². The highest BCUT2D eigenvalue weighted by atomic mass is 32.1. The standard InChI is InChI=1S/C16H13N3O3S/c20-19(21)11-6-4-10(5-7-11)8-22-15-14-12-2-1-3-13(12)23-16(14)18-9-17-15/h4-7,9H,1-3,8H2. The van der Waals surface area contributed by atoms with E-state index in [0.717, 1.165) is 28.6 Å². The van der Waals surface area contributed by atoms with Crippen LogP contribution in [0.25, 0.3) is 10.2 Å². The average molecular weight is 327 g/mol. The maximum atomic E-state index is 10.7. The van der Waals surface area contributed by atoms with Gasteiger partial charge in [0, 0.05) is 17.0 Å². The summed E-state index contributed by atoms with van der Waals surface area (Å²) < 4.78 is 5.87. The van der Waals surface area contributed by atoms with Crippen molar-refractivity contribution in [3.8, 4) is 5.88 Å². The fourth-order valence-corrected chi connectivity index (χ4v) is 4.09. The lowest BCUT2D eigenvalue weighted by molar-refractivity contribution is -0.384. The molecular formula is C16H13N3O3S. The molecule has 3 aromatic rings. The summed E-state index contributed by atoms with van der Waals surface area (Å²) in [5.74, 6) is 0.604. The summed E-state index contributed by atoms with van der Waals surface area (Å²) in [6, 6.07) is 6.37. The number of hydrogen-bond donors (Lipinski definition) is 0. The molecule has 0 aliphatic heterocycles. The average Bonchev–Trinajstić information content (AvgIpc) is 3.14. The Labute approximate surface area is 135 Å². The molecule has 0 fully saturated rings. The van der Waals surface area contributed by atoms with Crippen LogP contribution in [0.4, 0.5) is 5.69 Å². The molecule has 0 amide bonds. The van der Waals surface area contributed by atoms with Crippen LogP contribution in [0.15, 0.2) is 30.6 Å². The van der Waals surface area contributed by atoms with E-state index < -0.39 is 4.92 Å². The number of nitro benzene ring substituents is 1. The van der Waals surface area contributed by atoms with E-state index in [1.165, 1.54) is 35.3 Å². The van der Waals surface area contributed by atoms with Crippen molar-refractivity contribution in [2.24, 2.45) is 0 Å². The predicted molar refractivity (Wildman–Crippen MR) is 86.9 cm³/mol. The first-order valence-corrected chi connectivity index (χ1v) is 8.15. The molecule has 0 unspecified atom stereocenters. The number of non-ortho nitro benzene ring substituents is 1. The summed E-state index contributed by atoms with van der Waals surface area (Å²) in [6.07, 6.45) is 4.86. The summed E-state index contributed by atoms with van der Waals surface area (Å²) in [4.78, 5) is 21.3. The number of ether oxygens (including phenoxy) is 1. The minimum Gasteiger partial charge on any atom is -0.472 e. The SMILES string of the molecule is O=[N+]([O-])c1ccc(COc2ncnc3sc4c(c23)CCC4)cc1. The van der Waals surface area contributed by atoms with Gasteiger partial charge in [0.05, 0.1) is 10.3 Å². The topological polar surface area (TPSA) is 78.2 Å². The van der Waals surface area contributed by atoms with Crippen molar-refractivity contribution in [2.45, 2.75) is 25.9 Å². The van der Waals surface area contributed by atoms with Gasteiger partial charge in [-0.1, -0.05) is 0 Å². The van der Waals surface area contributed by atoms with Gasteiger partial charge in [0.25, 0.3) is 5.69 Å². The largest absolute Gasteiger partial charge is 0.472 e. The van der Waals surface area contributed by atoms with Crippen LogP contribution in [0.2, 0.25) is 0 Å². The Balaban J connectivity index is 1.59. The van der Waals surface area contributed by atoms with Crippen LogP contribution in [0.3, 0.4) is 0 Å². The number of aryl methyl sites for hydroxylation is 2. The number of nitrogens with zero attached hydrogens (tertiary/aromatic N) is 3. The lowest BCUT2D eigenvalue weighted by atomic mass is 10.2. The van der Waals surface area contributed by atoms with Gasteiger partial charge in [-0.2, -0.15) is 0 Å². The molecule has 1 aliphatic rings. The molecule has 7 heteroatoms. The number of fused-ring (bicyclic) bond motifs is 3. The maximum Gasteiger partial charge on any atom is 0.269 e. The number of thiophene rings is 1. The molecule has 23 heavy (non-hydrogen) atoms. The van der Waals surface area contributed by atoms with E-state index in [9.17, 15) is 10.1 Å². The third kappa shape index (κ3) is 2.53. The monoisotopic (exact) mass is 327 g/mol. The molecule has 2 aromatic heterocycles. The van der Waals surface area contributed by atoms with Gasteiger partial charge in [0.15, 0.2) is 0 Å². The minimum atomic E-state index is -0.409. The van der Waals surface area contributed by atoms with Crippen LogP contribution in [0.5, 0.6) is 5.88 Å². The fourth-order valence-electron chi connectivity index (χ4n) is 2.87. The van der Waals surface area contributed by atoms with E-state index in [4.69, 9.17) is 4.74 Å². The lowest BCUT2D eigenvalue weighted by Crippen LogP contribution is -1.99. The molecule has 1 aliphatic carbocycles. The smallest absolute Gasteiger partial charge is 0.269 e. The molecule has 1 aromatic carbocycles. The molecule has 116 valence electrons. The highest BCUT2D eigenvalue weighted by Gasteiger charge is 2.21. The van der Waals surface area contributed by atoms with Crippen LogP contribution in [0.1, 0.15) is 22.4 Å². The summed E-state index contributed by atoms with van der Waals surface area (Å²) in [5.41, 5.74) is 2.27. The van der Waals surface area contributed by atoms with Crippen LogP contribution in [0, 0.1) is 10.1 Å². The molecule has 0 radical (unpaired) electrons. The second kappa shape index (κ2) is 5.58. The fraction of sp³-hybridized carbons (Fsp3) is 0.250. The third-order valence-corrected chi connectivity index (χ3v) is 5.19. The second-order valence-electron chi connectivity index (χ2n) is 5.43. The Morgan fingerprint density at radius 3 is 2.83 bits per heavy atom. The Morgan fingerprint density at radius 2 is 2.04 bits per heavy atom. The van der Waals surface area contributed by atoms with Gasteiger partial charge >= 0.3 is 0 Å². The maximum absolute atomic E-state index is 10.7. The lowest BCUT2D eigenvalue weighted by Gasteiger charge is -2.07. The molecule has 0 N–H and O–H groups in total. The van der Waals surface area contributed by atoms with Crippen molar-refractivity contribution in [3.63, 3.8) is 0 Å². The molecule has 0 spiro atoms. The molecule has 0 atom stereocenters. The zero-order chi connectivity index (χ0) is 15.8. The molecule has 0 saturated carbocycles. The third-order valence-electron chi connectivity index (χ3n) is 3.99. The van der Waals surface area contributed by atoms with Gasteiger partial charge in [-0.05, 0) is 42.5 Å². The minimum absolute atomic E-state index is 0.0776. The molecule has 6 nitrogen and oxygen atoms in total. The summed E-state index contributed by atoms with van der Waals surface area (Å²) in [6.45, 7) is 0.328. The zero-order valence-electron chi connectivity index (χ0n) is 12.2. The van der Waals surface area contributed by atoms with Crippen molar-refractivity contribution < 1.29 is 9.66 Å². The Morgan fingerprint density at radius 1 is 1.22 bits per heavy atom. The van der Waals surface area contributed by atoms with Gasteiger partial charge in [-0.25, -0.2) is 9.97 Å². The number of benzene rings is 1. The van der Waals surface area contributed by atoms with E-state index in [1.807, 2.05) is 0 Å². The van der Waals surface area contributed by atoms with Gasteiger partial charge < -0.3 is 4.74 Å². The van der Waals surface area contributed by atoms with Gasteiger partial charge in [-0.15, -0.1) is 11.3 Å². The summed E-state index contributed by atoms with van der Waals surface area (Å²) in [7, 11) is 0. The van der Waals surface area contributed by atoms with Gasteiger partial charge in [0.2, 0.25) is 5.88 Å². The first-order chi connectivity index (χ1) is 11.2. The van der Waals surface area contributed by atoms with Crippen LogP contribution < -0.4 is 4.74 Å². The number of aromatic nitrogens is 2. The van der Waals surface area contributed by atoms with Crippen LogP contribution >= 0.6 is 11.3 Å². The predicted octanol–water partition coefficient (Wildman–Crippen LogP) is 3.67. The Hall–Kier alpha value is -2.54. The van der Waals surface area contributed by atoms with E-state index in [2.05, 4.69) is 9.97 Å². The molecular weight excluding hydrogens is 314 g/mol. The highest BCUT2D eigenvalue weighted by molar-refractivity contribution is 7.18. The van der Waals surface area contributed by atoms with E-state index in [1.54, 1.807) is 23.5 Å². The second-order valence-corrected chi connectivity index (χ2v) is 6.51. The first kappa shape index (κ1) is 14.1. The molecule has 0 saturated heterocycles. The summed E-state index contributed by atoms with van der Waals surface area (Å²) >= 11 is 1.72. The van der Waals surface area contributed by atoms with Crippen molar-refractivity contribution in [3.05, 3.63) is 56.7 Å². The number of rotatable bonds is 4. The van der Waals surface area contributed by atoms with Crippen molar-refractivity contribution in [1.82, 2.24) is 9.97 Å². The van der Waals surface area contributed by atoms with Gasteiger partial charge in [-0.3, -0.25) is 10.1 Å². The Kier molecular flexibility index (Phi) is 3.42. The molecule has 4 rings (SSSR count). The van der Waals surface area contributed by atoms with Crippen LogP contribution in [-0.4, -0.2) is 14.9 Å². The zero-order valence-corrected chi connectivity index (χ0v) is 13.0. The van der Waals surface area contributed by atoms with Gasteiger partial charge in [0.1, 0.15) is 17.8 Å². The van der Waals surface area contributed by atoms with Crippen molar-refractivity contribution >= 4 is 27.2 Å².